The largest absolute Gasteiger partial charge is 0.397 e. The van der Waals surface area contributed by atoms with Crippen molar-refractivity contribution in [3.8, 4) is 16.5 Å². The van der Waals surface area contributed by atoms with Crippen molar-refractivity contribution in [3.05, 3.63) is 44.3 Å². The zero-order chi connectivity index (χ0) is 13.3. The van der Waals surface area contributed by atoms with E-state index in [1.807, 2.05) is 6.07 Å². The van der Waals surface area contributed by atoms with Gasteiger partial charge < -0.3 is 5.73 Å². The van der Waals surface area contributed by atoms with Crippen molar-refractivity contribution in [2.45, 2.75) is 0 Å². The summed E-state index contributed by atoms with van der Waals surface area (Å²) < 4.78 is 0. The molecule has 1 heterocycles. The van der Waals surface area contributed by atoms with E-state index in [0.717, 1.165) is 11.3 Å². The summed E-state index contributed by atoms with van der Waals surface area (Å²) in [6.07, 6.45) is 0. The zero-order valence-electron chi connectivity index (χ0n) is 8.88. The first kappa shape index (κ1) is 12.4. The molecular formula is C11H6ClN3O2S. The van der Waals surface area contributed by atoms with Gasteiger partial charge in [0.2, 0.25) is 0 Å². The van der Waals surface area contributed by atoms with Gasteiger partial charge in [0, 0.05) is 10.9 Å². The van der Waals surface area contributed by atoms with Crippen LogP contribution < -0.4 is 5.73 Å². The van der Waals surface area contributed by atoms with Crippen molar-refractivity contribution < 1.29 is 4.92 Å². The molecule has 18 heavy (non-hydrogen) atoms. The van der Waals surface area contributed by atoms with Crippen LogP contribution >= 0.6 is 22.9 Å². The van der Waals surface area contributed by atoms with E-state index >= 15 is 0 Å². The van der Waals surface area contributed by atoms with E-state index in [2.05, 4.69) is 0 Å². The smallest absolute Gasteiger partial charge is 0.279 e. The van der Waals surface area contributed by atoms with Crippen molar-refractivity contribution in [2.24, 2.45) is 0 Å². The maximum atomic E-state index is 11.0. The molecule has 1 aromatic carbocycles. The van der Waals surface area contributed by atoms with Gasteiger partial charge in [-0.1, -0.05) is 17.7 Å². The molecule has 0 saturated heterocycles. The van der Waals surface area contributed by atoms with E-state index in [4.69, 9.17) is 22.6 Å². The SMILES string of the molecule is N#Cc1sc(-c2c(Cl)cccc2[N+](=O)[O-])cc1N. The van der Waals surface area contributed by atoms with E-state index in [-0.39, 0.29) is 10.7 Å². The lowest BCUT2D eigenvalue weighted by molar-refractivity contribution is -0.384. The Hall–Kier alpha value is -2.10. The normalized spacial score (nSPS) is 10.0. The van der Waals surface area contributed by atoms with Crippen LogP contribution in [0.3, 0.4) is 0 Å². The van der Waals surface area contributed by atoms with E-state index in [9.17, 15) is 10.1 Å². The van der Waals surface area contributed by atoms with Crippen LogP contribution in [0.1, 0.15) is 4.88 Å². The monoisotopic (exact) mass is 279 g/mol. The maximum absolute atomic E-state index is 11.0. The fourth-order valence-electron chi connectivity index (χ4n) is 1.52. The van der Waals surface area contributed by atoms with Crippen LogP contribution in [0, 0.1) is 21.4 Å². The van der Waals surface area contributed by atoms with Gasteiger partial charge in [-0.3, -0.25) is 10.1 Å². The standard InChI is InChI=1S/C11H6ClN3O2S/c12-6-2-1-3-8(15(16)17)11(6)9-4-7(14)10(5-13)18-9/h1-4H,14H2. The van der Waals surface area contributed by atoms with Gasteiger partial charge in [-0.15, -0.1) is 11.3 Å². The molecule has 0 aliphatic heterocycles. The quantitative estimate of drug-likeness (QED) is 0.673. The number of halogens is 1. The third kappa shape index (κ3) is 2.01. The van der Waals surface area contributed by atoms with Crippen molar-refractivity contribution >= 4 is 34.3 Å². The molecule has 0 bridgehead atoms. The third-order valence-electron chi connectivity index (χ3n) is 2.30. The van der Waals surface area contributed by atoms with Crippen LogP contribution in [0.5, 0.6) is 0 Å². The topological polar surface area (TPSA) is 92.9 Å². The first-order valence-corrected chi connectivity index (χ1v) is 5.96. The number of nitro groups is 1. The first-order valence-electron chi connectivity index (χ1n) is 4.77. The van der Waals surface area contributed by atoms with Gasteiger partial charge in [-0.05, 0) is 12.1 Å². The summed E-state index contributed by atoms with van der Waals surface area (Å²) in [5, 5.41) is 20.1. The summed E-state index contributed by atoms with van der Waals surface area (Å²) in [6.45, 7) is 0. The second-order valence-corrected chi connectivity index (χ2v) is 4.86. The van der Waals surface area contributed by atoms with Crippen LogP contribution in [0.4, 0.5) is 11.4 Å². The minimum absolute atomic E-state index is 0.103. The number of nitrogens with zero attached hydrogens (tertiary/aromatic N) is 2. The number of nitrogen functional groups attached to an aromatic ring is 1. The first-order chi connectivity index (χ1) is 8.54. The van der Waals surface area contributed by atoms with E-state index in [1.165, 1.54) is 18.2 Å². The molecule has 7 heteroatoms. The number of hydrogen-bond acceptors (Lipinski definition) is 5. The molecule has 0 fully saturated rings. The summed E-state index contributed by atoms with van der Waals surface area (Å²) in [5.41, 5.74) is 6.13. The van der Waals surface area contributed by atoms with Crippen LogP contribution in [0.2, 0.25) is 5.02 Å². The molecule has 0 spiro atoms. The molecule has 0 radical (unpaired) electrons. The average Bonchev–Trinajstić information content (AvgIpc) is 2.69. The molecular weight excluding hydrogens is 274 g/mol. The summed E-state index contributed by atoms with van der Waals surface area (Å²) in [5.74, 6) is 0. The minimum atomic E-state index is -0.511. The predicted molar refractivity (Wildman–Crippen MR) is 70.5 cm³/mol. The Balaban J connectivity index is 2.70. The van der Waals surface area contributed by atoms with Gasteiger partial charge in [0.25, 0.3) is 5.69 Å². The number of hydrogen-bond donors (Lipinski definition) is 1. The van der Waals surface area contributed by atoms with E-state index in [0.29, 0.717) is 21.0 Å². The van der Waals surface area contributed by atoms with Crippen LogP contribution in [0.15, 0.2) is 24.3 Å². The van der Waals surface area contributed by atoms with Crippen LogP contribution in [-0.4, -0.2) is 4.92 Å². The zero-order valence-corrected chi connectivity index (χ0v) is 10.5. The molecule has 2 aromatic rings. The molecule has 90 valence electrons. The Kier molecular flexibility index (Phi) is 3.19. The Bertz CT molecular complexity index is 675. The summed E-state index contributed by atoms with van der Waals surface area (Å²) in [6, 6.07) is 7.89. The Labute approximate surface area is 111 Å². The summed E-state index contributed by atoms with van der Waals surface area (Å²) >= 11 is 7.07. The molecule has 0 saturated carbocycles. The highest BCUT2D eigenvalue weighted by molar-refractivity contribution is 7.16. The van der Waals surface area contributed by atoms with Crippen molar-refractivity contribution in [3.63, 3.8) is 0 Å². The Morgan fingerprint density at radius 3 is 2.78 bits per heavy atom. The Morgan fingerprint density at radius 2 is 2.22 bits per heavy atom. The molecule has 0 amide bonds. The molecule has 1 aromatic heterocycles. The number of rotatable bonds is 2. The second-order valence-electron chi connectivity index (χ2n) is 3.40. The lowest BCUT2D eigenvalue weighted by Gasteiger charge is -2.02. The molecule has 0 unspecified atom stereocenters. The maximum Gasteiger partial charge on any atom is 0.279 e. The Morgan fingerprint density at radius 1 is 1.50 bits per heavy atom. The van der Waals surface area contributed by atoms with Gasteiger partial charge in [0.1, 0.15) is 10.9 Å². The molecule has 5 nitrogen and oxygen atoms in total. The van der Waals surface area contributed by atoms with Crippen LogP contribution in [0.25, 0.3) is 10.4 Å². The molecule has 0 aliphatic carbocycles. The van der Waals surface area contributed by atoms with Crippen molar-refractivity contribution in [1.29, 1.82) is 5.26 Å². The number of thiophene rings is 1. The average molecular weight is 280 g/mol. The predicted octanol–water partition coefficient (Wildman–Crippen LogP) is 3.43. The minimum Gasteiger partial charge on any atom is -0.397 e. The van der Waals surface area contributed by atoms with Gasteiger partial charge in [0.05, 0.1) is 21.2 Å². The highest BCUT2D eigenvalue weighted by atomic mass is 35.5. The summed E-state index contributed by atoms with van der Waals surface area (Å²) in [4.78, 5) is 11.3. The molecule has 2 N–H and O–H groups in total. The number of nitriles is 1. The van der Waals surface area contributed by atoms with Gasteiger partial charge >= 0.3 is 0 Å². The van der Waals surface area contributed by atoms with Gasteiger partial charge in [-0.25, -0.2) is 0 Å². The number of nitrogens with two attached hydrogens (primary N) is 1. The number of nitro benzene ring substituents is 1. The lowest BCUT2D eigenvalue weighted by Crippen LogP contribution is -1.91. The highest BCUT2D eigenvalue weighted by Crippen LogP contribution is 2.41. The fourth-order valence-corrected chi connectivity index (χ4v) is 2.80. The molecule has 2 rings (SSSR count). The molecule has 0 atom stereocenters. The van der Waals surface area contributed by atoms with Gasteiger partial charge in [-0.2, -0.15) is 5.26 Å². The highest BCUT2D eigenvalue weighted by Gasteiger charge is 2.21. The van der Waals surface area contributed by atoms with Crippen molar-refractivity contribution in [2.75, 3.05) is 5.73 Å². The molecule has 0 aliphatic rings. The van der Waals surface area contributed by atoms with E-state index < -0.39 is 4.92 Å². The van der Waals surface area contributed by atoms with E-state index in [1.54, 1.807) is 6.07 Å². The number of anilines is 1. The van der Waals surface area contributed by atoms with Gasteiger partial charge in [0.15, 0.2) is 0 Å². The summed E-state index contributed by atoms with van der Waals surface area (Å²) in [7, 11) is 0. The number of benzene rings is 1. The lowest BCUT2D eigenvalue weighted by atomic mass is 10.1. The second kappa shape index (κ2) is 4.64. The fraction of sp³-hybridized carbons (Fsp3) is 0. The van der Waals surface area contributed by atoms with Crippen LogP contribution in [-0.2, 0) is 0 Å². The van der Waals surface area contributed by atoms with Crippen molar-refractivity contribution in [1.82, 2.24) is 0 Å². The third-order valence-corrected chi connectivity index (χ3v) is 3.69.